The van der Waals surface area contributed by atoms with Crippen LogP contribution in [0.25, 0.3) is 0 Å². The molecule has 6 nitrogen and oxygen atoms in total. The second-order valence-electron chi connectivity index (χ2n) is 4.86. The van der Waals surface area contributed by atoms with E-state index < -0.39 is 0 Å². The van der Waals surface area contributed by atoms with Crippen LogP contribution in [-0.4, -0.2) is 51.3 Å². The summed E-state index contributed by atoms with van der Waals surface area (Å²) in [6.07, 6.45) is 5.91. The minimum atomic E-state index is -0.358. The molecule has 1 aromatic rings. The second-order valence-corrected chi connectivity index (χ2v) is 4.86. The van der Waals surface area contributed by atoms with Crippen LogP contribution in [-0.2, 0) is 13.0 Å². The van der Waals surface area contributed by atoms with Gasteiger partial charge in [0.25, 0.3) is 0 Å². The molecule has 0 saturated carbocycles. The fraction of sp³-hybridized carbons (Fsp3) is 0.692. The first kappa shape index (κ1) is 13.9. The number of nitrogens with zero attached hydrogens (tertiary/aromatic N) is 3. The second kappa shape index (κ2) is 6.56. The van der Waals surface area contributed by atoms with Crippen LogP contribution < -0.4 is 5.32 Å². The van der Waals surface area contributed by atoms with Crippen LogP contribution in [0.4, 0.5) is 4.79 Å². The van der Waals surface area contributed by atoms with E-state index in [9.17, 15) is 9.90 Å². The van der Waals surface area contributed by atoms with Crippen molar-refractivity contribution < 1.29 is 9.90 Å². The Morgan fingerprint density at radius 3 is 3.16 bits per heavy atom. The van der Waals surface area contributed by atoms with E-state index in [1.54, 1.807) is 4.90 Å². The van der Waals surface area contributed by atoms with Gasteiger partial charge < -0.3 is 19.9 Å². The zero-order valence-electron chi connectivity index (χ0n) is 11.4. The molecule has 1 atom stereocenters. The highest BCUT2D eigenvalue weighted by molar-refractivity contribution is 5.74. The number of amides is 2. The molecule has 1 saturated heterocycles. The van der Waals surface area contributed by atoms with Crippen molar-refractivity contribution in [2.75, 3.05) is 19.6 Å². The van der Waals surface area contributed by atoms with E-state index in [2.05, 4.69) is 21.8 Å². The fourth-order valence-corrected chi connectivity index (χ4v) is 2.34. The van der Waals surface area contributed by atoms with Gasteiger partial charge >= 0.3 is 6.03 Å². The molecule has 2 rings (SSSR count). The van der Waals surface area contributed by atoms with Crippen molar-refractivity contribution in [2.24, 2.45) is 0 Å². The summed E-state index contributed by atoms with van der Waals surface area (Å²) >= 11 is 0. The summed E-state index contributed by atoms with van der Waals surface area (Å²) < 4.78 is 2.12. The molecule has 2 amide bonds. The van der Waals surface area contributed by atoms with Crippen molar-refractivity contribution in [1.82, 2.24) is 19.8 Å². The number of imidazole rings is 1. The lowest BCUT2D eigenvalue weighted by molar-refractivity contribution is 0.172. The summed E-state index contributed by atoms with van der Waals surface area (Å²) in [5.74, 6) is 1.08. The molecule has 0 radical (unpaired) electrons. The zero-order chi connectivity index (χ0) is 13.7. The molecule has 0 spiro atoms. The standard InChI is InChI=1S/C13H22N4O2/c1-2-12-14-6-9-16(12)7-3-5-15-13(19)17-8-4-11(18)10-17/h6,9,11,18H,2-5,7-8,10H2,1H3,(H,15,19). The summed E-state index contributed by atoms with van der Waals surface area (Å²) in [7, 11) is 0. The fourth-order valence-electron chi connectivity index (χ4n) is 2.34. The number of urea groups is 1. The van der Waals surface area contributed by atoms with E-state index in [0.29, 0.717) is 26.1 Å². The van der Waals surface area contributed by atoms with Crippen LogP contribution in [0.5, 0.6) is 0 Å². The number of aryl methyl sites for hydroxylation is 2. The zero-order valence-corrected chi connectivity index (χ0v) is 11.4. The third-order valence-electron chi connectivity index (χ3n) is 3.42. The van der Waals surface area contributed by atoms with Gasteiger partial charge in [0.15, 0.2) is 0 Å². The van der Waals surface area contributed by atoms with Crippen LogP contribution in [0, 0.1) is 0 Å². The predicted octanol–water partition coefficient (Wildman–Crippen LogP) is 0.612. The third-order valence-corrected chi connectivity index (χ3v) is 3.42. The van der Waals surface area contributed by atoms with E-state index in [0.717, 1.165) is 25.2 Å². The lowest BCUT2D eigenvalue weighted by atomic mass is 10.3. The predicted molar refractivity (Wildman–Crippen MR) is 71.8 cm³/mol. The minimum absolute atomic E-state index is 0.0714. The van der Waals surface area contributed by atoms with Crippen molar-refractivity contribution in [2.45, 2.75) is 38.8 Å². The van der Waals surface area contributed by atoms with Gasteiger partial charge in [0.2, 0.25) is 0 Å². The molecule has 0 aromatic carbocycles. The molecule has 2 heterocycles. The van der Waals surface area contributed by atoms with E-state index in [-0.39, 0.29) is 12.1 Å². The van der Waals surface area contributed by atoms with Gasteiger partial charge in [-0.3, -0.25) is 0 Å². The van der Waals surface area contributed by atoms with E-state index in [1.807, 2.05) is 12.4 Å². The van der Waals surface area contributed by atoms with E-state index in [4.69, 9.17) is 0 Å². The number of aliphatic hydroxyl groups excluding tert-OH is 1. The molecule has 0 bridgehead atoms. The lowest BCUT2D eigenvalue weighted by Crippen LogP contribution is -2.39. The van der Waals surface area contributed by atoms with Gasteiger partial charge in [0.05, 0.1) is 6.10 Å². The summed E-state index contributed by atoms with van der Waals surface area (Å²) in [6, 6.07) is -0.0714. The number of rotatable bonds is 5. The van der Waals surface area contributed by atoms with Crippen LogP contribution in [0.2, 0.25) is 0 Å². The average Bonchev–Trinajstić information content (AvgIpc) is 3.02. The molecular formula is C13H22N4O2. The average molecular weight is 266 g/mol. The summed E-state index contributed by atoms with van der Waals surface area (Å²) in [6.45, 7) is 4.69. The number of aliphatic hydroxyl groups is 1. The molecular weight excluding hydrogens is 244 g/mol. The molecule has 1 aliphatic rings. The number of carbonyl (C=O) groups excluding carboxylic acids is 1. The molecule has 0 aliphatic carbocycles. The first-order valence-electron chi connectivity index (χ1n) is 6.91. The van der Waals surface area contributed by atoms with Crippen molar-refractivity contribution >= 4 is 6.03 Å². The lowest BCUT2D eigenvalue weighted by Gasteiger charge is -2.16. The Labute approximate surface area is 113 Å². The maximum atomic E-state index is 11.8. The monoisotopic (exact) mass is 266 g/mol. The Balaban J connectivity index is 1.65. The molecule has 1 aliphatic heterocycles. The van der Waals surface area contributed by atoms with Crippen LogP contribution in [0.15, 0.2) is 12.4 Å². The van der Waals surface area contributed by atoms with Crippen LogP contribution >= 0.6 is 0 Å². The van der Waals surface area contributed by atoms with Gasteiger partial charge in [-0.15, -0.1) is 0 Å². The maximum Gasteiger partial charge on any atom is 0.317 e. The molecule has 1 fully saturated rings. The third kappa shape index (κ3) is 3.70. The number of carbonyl (C=O) groups is 1. The SMILES string of the molecule is CCc1nccn1CCCNC(=O)N1CCC(O)C1. The first-order valence-corrected chi connectivity index (χ1v) is 6.91. The number of nitrogens with one attached hydrogen (secondary N) is 1. The van der Waals surface area contributed by atoms with Crippen molar-refractivity contribution in [3.63, 3.8) is 0 Å². The highest BCUT2D eigenvalue weighted by Crippen LogP contribution is 2.08. The Bertz CT molecular complexity index is 419. The first-order chi connectivity index (χ1) is 9.20. The number of β-amino-alcohol motifs (C(OH)–C–C–N with tert-alkyl or cyclic N) is 1. The van der Waals surface area contributed by atoms with Gasteiger partial charge in [0, 0.05) is 45.0 Å². The number of hydrogen-bond acceptors (Lipinski definition) is 3. The molecule has 19 heavy (non-hydrogen) atoms. The summed E-state index contributed by atoms with van der Waals surface area (Å²) in [4.78, 5) is 17.7. The Morgan fingerprint density at radius 1 is 1.63 bits per heavy atom. The molecule has 1 unspecified atom stereocenters. The summed E-state index contributed by atoms with van der Waals surface area (Å²) in [5.41, 5.74) is 0. The molecule has 2 N–H and O–H groups in total. The van der Waals surface area contributed by atoms with Crippen LogP contribution in [0.3, 0.4) is 0 Å². The van der Waals surface area contributed by atoms with Gasteiger partial charge in [0.1, 0.15) is 5.82 Å². The van der Waals surface area contributed by atoms with Gasteiger partial charge in [-0.1, -0.05) is 6.92 Å². The Kier molecular flexibility index (Phi) is 4.79. The van der Waals surface area contributed by atoms with Crippen molar-refractivity contribution in [3.05, 3.63) is 18.2 Å². The topological polar surface area (TPSA) is 70.4 Å². The molecule has 1 aromatic heterocycles. The number of hydrogen-bond donors (Lipinski definition) is 2. The van der Waals surface area contributed by atoms with Gasteiger partial charge in [-0.25, -0.2) is 9.78 Å². The molecule has 6 heteroatoms. The van der Waals surface area contributed by atoms with E-state index in [1.165, 1.54) is 0 Å². The van der Waals surface area contributed by atoms with Crippen LogP contribution in [0.1, 0.15) is 25.6 Å². The van der Waals surface area contributed by atoms with Crippen molar-refractivity contribution in [1.29, 1.82) is 0 Å². The quantitative estimate of drug-likeness (QED) is 0.767. The number of likely N-dealkylation sites (tertiary alicyclic amines) is 1. The Morgan fingerprint density at radius 2 is 2.47 bits per heavy atom. The van der Waals surface area contributed by atoms with E-state index >= 15 is 0 Å². The number of aromatic nitrogens is 2. The van der Waals surface area contributed by atoms with Gasteiger partial charge in [-0.2, -0.15) is 0 Å². The maximum absolute atomic E-state index is 11.8. The Hall–Kier alpha value is -1.56. The normalized spacial score (nSPS) is 18.8. The van der Waals surface area contributed by atoms with Gasteiger partial charge in [-0.05, 0) is 12.8 Å². The smallest absolute Gasteiger partial charge is 0.317 e. The highest BCUT2D eigenvalue weighted by Gasteiger charge is 2.23. The summed E-state index contributed by atoms with van der Waals surface area (Å²) in [5, 5.41) is 12.3. The van der Waals surface area contributed by atoms with Crippen molar-refractivity contribution in [3.8, 4) is 0 Å². The minimum Gasteiger partial charge on any atom is -0.391 e. The molecule has 106 valence electrons. The largest absolute Gasteiger partial charge is 0.391 e. The highest BCUT2D eigenvalue weighted by atomic mass is 16.3.